The molecule has 1 amide bonds. The number of benzene rings is 2. The highest BCUT2D eigenvalue weighted by atomic mass is 32.1. The number of amides is 1. The van der Waals surface area contributed by atoms with E-state index in [4.69, 9.17) is 17.0 Å². The van der Waals surface area contributed by atoms with Gasteiger partial charge >= 0.3 is 0 Å². The molecule has 0 aliphatic rings. The lowest BCUT2D eigenvalue weighted by atomic mass is 9.87. The minimum absolute atomic E-state index is 0.113. The number of carbonyl (C=O) groups excluding carboxylic acids is 1. The molecule has 2 rings (SSSR count). The first kappa shape index (κ1) is 21.9. The van der Waals surface area contributed by atoms with Crippen LogP contribution in [-0.4, -0.2) is 17.6 Å². The molecule has 0 saturated heterocycles. The maximum absolute atomic E-state index is 12.1. The maximum Gasteiger partial charge on any atom is 0.226 e. The van der Waals surface area contributed by atoms with E-state index in [0.717, 1.165) is 23.4 Å². The second kappa shape index (κ2) is 10.2. The van der Waals surface area contributed by atoms with Crippen LogP contribution in [0.4, 0.5) is 5.69 Å². The van der Waals surface area contributed by atoms with Gasteiger partial charge in [-0.1, -0.05) is 58.0 Å². The lowest BCUT2D eigenvalue weighted by Crippen LogP contribution is -2.34. The Kier molecular flexibility index (Phi) is 8.00. The molecule has 0 spiro atoms. The topological polar surface area (TPSA) is 50.4 Å². The van der Waals surface area contributed by atoms with Crippen LogP contribution in [0.1, 0.15) is 51.7 Å². The normalized spacial score (nSPS) is 11.0. The van der Waals surface area contributed by atoms with E-state index in [1.54, 1.807) is 0 Å². The van der Waals surface area contributed by atoms with E-state index in [-0.39, 0.29) is 11.3 Å². The Morgan fingerprint density at radius 2 is 1.75 bits per heavy atom. The molecule has 0 heterocycles. The number of hydrogen-bond donors (Lipinski definition) is 2. The first-order valence-electron chi connectivity index (χ1n) is 9.71. The number of carbonyl (C=O) groups is 1. The van der Waals surface area contributed by atoms with Gasteiger partial charge in [-0.2, -0.15) is 0 Å². The van der Waals surface area contributed by atoms with E-state index < -0.39 is 0 Å². The summed E-state index contributed by atoms with van der Waals surface area (Å²) in [5, 5.41) is 6.15. The first-order valence-corrected chi connectivity index (χ1v) is 10.1. The predicted molar refractivity (Wildman–Crippen MR) is 120 cm³/mol. The zero-order valence-corrected chi connectivity index (χ0v) is 18.0. The average molecular weight is 399 g/mol. The summed E-state index contributed by atoms with van der Waals surface area (Å²) >= 11 is 5.24. The van der Waals surface area contributed by atoms with Gasteiger partial charge in [-0.15, -0.1) is 0 Å². The molecule has 0 unspecified atom stereocenters. The Balaban J connectivity index is 1.70. The van der Waals surface area contributed by atoms with Crippen molar-refractivity contribution in [2.24, 2.45) is 0 Å². The van der Waals surface area contributed by atoms with Crippen LogP contribution in [0.2, 0.25) is 0 Å². The minimum atomic E-state index is -0.113. The van der Waals surface area contributed by atoms with Gasteiger partial charge in [0, 0.05) is 12.1 Å². The quantitative estimate of drug-likeness (QED) is 0.496. The van der Waals surface area contributed by atoms with Crippen molar-refractivity contribution in [3.63, 3.8) is 0 Å². The van der Waals surface area contributed by atoms with Crippen LogP contribution >= 0.6 is 12.2 Å². The zero-order valence-electron chi connectivity index (χ0n) is 17.2. The molecule has 0 bridgehead atoms. The Labute approximate surface area is 173 Å². The van der Waals surface area contributed by atoms with Gasteiger partial charge in [0.25, 0.3) is 0 Å². The molecule has 2 aromatic carbocycles. The molecule has 5 heteroatoms. The molecule has 0 atom stereocenters. The summed E-state index contributed by atoms with van der Waals surface area (Å²) in [6.45, 7) is 9.12. The van der Waals surface area contributed by atoms with Gasteiger partial charge in [0.1, 0.15) is 5.75 Å². The van der Waals surface area contributed by atoms with Crippen LogP contribution in [0.3, 0.4) is 0 Å². The van der Waals surface area contributed by atoms with Crippen LogP contribution in [0.5, 0.6) is 5.75 Å². The molecule has 0 fully saturated rings. The molecule has 4 nitrogen and oxygen atoms in total. The second-order valence-electron chi connectivity index (χ2n) is 7.74. The monoisotopic (exact) mass is 398 g/mol. The standard InChI is InChI=1S/C23H30N2O2S/c1-5-17-9-6-7-10-20(17)24-22(28)25-21(26)11-8-16-27-19-14-12-18(13-15-19)23(2,3)4/h6-7,9-10,12-15H,5,8,11,16H2,1-4H3,(H2,24,25,26,28). The van der Waals surface area contributed by atoms with E-state index in [1.165, 1.54) is 5.56 Å². The van der Waals surface area contributed by atoms with E-state index in [9.17, 15) is 4.79 Å². The third-order valence-electron chi connectivity index (χ3n) is 4.44. The van der Waals surface area contributed by atoms with Crippen molar-refractivity contribution < 1.29 is 9.53 Å². The summed E-state index contributed by atoms with van der Waals surface area (Å²) in [5.74, 6) is 0.708. The number of thiocarbonyl (C=S) groups is 1. The van der Waals surface area contributed by atoms with Crippen molar-refractivity contribution in [2.45, 2.75) is 52.4 Å². The molecule has 0 saturated carbocycles. The number of anilines is 1. The van der Waals surface area contributed by atoms with Gasteiger partial charge in [0.15, 0.2) is 5.11 Å². The molecular weight excluding hydrogens is 368 g/mol. The second-order valence-corrected chi connectivity index (χ2v) is 8.15. The molecule has 2 N–H and O–H groups in total. The smallest absolute Gasteiger partial charge is 0.226 e. The van der Waals surface area contributed by atoms with Gasteiger partial charge in [-0.25, -0.2) is 0 Å². The van der Waals surface area contributed by atoms with Crippen LogP contribution in [-0.2, 0) is 16.6 Å². The number of aryl methyl sites for hydroxylation is 1. The minimum Gasteiger partial charge on any atom is -0.494 e. The van der Waals surface area contributed by atoms with Gasteiger partial charge in [-0.3, -0.25) is 4.79 Å². The number of hydrogen-bond acceptors (Lipinski definition) is 3. The van der Waals surface area contributed by atoms with Crippen molar-refractivity contribution in [3.05, 3.63) is 59.7 Å². The Hall–Kier alpha value is -2.40. The fourth-order valence-corrected chi connectivity index (χ4v) is 2.99. The SMILES string of the molecule is CCc1ccccc1NC(=S)NC(=O)CCCOc1ccc(C(C)(C)C)cc1. The number of nitrogens with one attached hydrogen (secondary N) is 2. The largest absolute Gasteiger partial charge is 0.494 e. The predicted octanol–water partition coefficient (Wildman–Crippen LogP) is 5.22. The maximum atomic E-state index is 12.1. The zero-order chi connectivity index (χ0) is 20.6. The number of para-hydroxylation sites is 1. The molecule has 2 aromatic rings. The lowest BCUT2D eigenvalue weighted by molar-refractivity contribution is -0.119. The summed E-state index contributed by atoms with van der Waals surface area (Å²) in [4.78, 5) is 12.1. The van der Waals surface area contributed by atoms with Gasteiger partial charge in [0.05, 0.1) is 6.61 Å². The molecule has 0 aliphatic heterocycles. The summed E-state index contributed by atoms with van der Waals surface area (Å²) in [5.41, 5.74) is 3.48. The highest BCUT2D eigenvalue weighted by Gasteiger charge is 2.13. The van der Waals surface area contributed by atoms with Crippen LogP contribution in [0.25, 0.3) is 0 Å². The Morgan fingerprint density at radius 1 is 1.07 bits per heavy atom. The van der Waals surface area contributed by atoms with Crippen molar-refractivity contribution in [2.75, 3.05) is 11.9 Å². The highest BCUT2D eigenvalue weighted by Crippen LogP contribution is 2.24. The van der Waals surface area contributed by atoms with Gasteiger partial charge in [-0.05, 0) is 59.8 Å². The lowest BCUT2D eigenvalue weighted by Gasteiger charge is -2.19. The Bertz CT molecular complexity index is 795. The molecule has 0 aromatic heterocycles. The molecule has 150 valence electrons. The number of ether oxygens (including phenoxy) is 1. The summed E-state index contributed by atoms with van der Waals surface area (Å²) in [6.07, 6.45) is 1.88. The Morgan fingerprint density at radius 3 is 2.39 bits per heavy atom. The summed E-state index contributed by atoms with van der Waals surface area (Å²) in [6, 6.07) is 16.0. The fraction of sp³-hybridized carbons (Fsp3) is 0.391. The van der Waals surface area contributed by atoms with Crippen molar-refractivity contribution in [3.8, 4) is 5.75 Å². The summed E-state index contributed by atoms with van der Waals surface area (Å²) < 4.78 is 5.73. The van der Waals surface area contributed by atoms with Gasteiger partial charge < -0.3 is 15.4 Å². The van der Waals surface area contributed by atoms with E-state index >= 15 is 0 Å². The highest BCUT2D eigenvalue weighted by molar-refractivity contribution is 7.80. The fourth-order valence-electron chi connectivity index (χ4n) is 2.77. The van der Waals surface area contributed by atoms with E-state index in [2.05, 4.69) is 50.5 Å². The molecular formula is C23H30N2O2S. The van der Waals surface area contributed by atoms with E-state index in [1.807, 2.05) is 36.4 Å². The van der Waals surface area contributed by atoms with Gasteiger partial charge in [0.2, 0.25) is 5.91 Å². The van der Waals surface area contributed by atoms with Crippen LogP contribution in [0, 0.1) is 0 Å². The van der Waals surface area contributed by atoms with Crippen molar-refractivity contribution in [1.82, 2.24) is 5.32 Å². The van der Waals surface area contributed by atoms with Crippen molar-refractivity contribution >= 4 is 28.9 Å². The average Bonchev–Trinajstić information content (AvgIpc) is 2.65. The summed E-state index contributed by atoms with van der Waals surface area (Å²) in [7, 11) is 0. The molecule has 0 aliphatic carbocycles. The molecule has 0 radical (unpaired) electrons. The third-order valence-corrected chi connectivity index (χ3v) is 4.64. The van der Waals surface area contributed by atoms with Crippen molar-refractivity contribution in [1.29, 1.82) is 0 Å². The molecule has 28 heavy (non-hydrogen) atoms. The number of rotatable bonds is 7. The van der Waals surface area contributed by atoms with Crippen LogP contribution in [0.15, 0.2) is 48.5 Å². The third kappa shape index (κ3) is 6.97. The first-order chi connectivity index (χ1) is 13.3. The van der Waals surface area contributed by atoms with E-state index in [0.29, 0.717) is 24.6 Å². The van der Waals surface area contributed by atoms with Crippen LogP contribution < -0.4 is 15.4 Å².